The van der Waals surface area contributed by atoms with Gasteiger partial charge in [-0.2, -0.15) is 0 Å². The molecule has 128 valence electrons. The number of carboxylic acid groups (broad SMARTS) is 1. The average molecular weight is 320 g/mol. The van der Waals surface area contributed by atoms with Crippen LogP contribution in [0.2, 0.25) is 0 Å². The summed E-state index contributed by atoms with van der Waals surface area (Å²) in [5, 5.41) is 9.16. The summed E-state index contributed by atoms with van der Waals surface area (Å²) in [5.74, 6) is -1.25. The molecule has 0 radical (unpaired) electrons. The van der Waals surface area contributed by atoms with Crippen LogP contribution in [0.25, 0.3) is 0 Å². The fraction of sp³-hybridized carbons (Fsp3) is 0.579. The van der Waals surface area contributed by atoms with Gasteiger partial charge in [0.05, 0.1) is 13.0 Å². The van der Waals surface area contributed by atoms with Gasteiger partial charge in [-0.15, -0.1) is 0 Å². The van der Waals surface area contributed by atoms with Gasteiger partial charge in [0.1, 0.15) is 0 Å². The van der Waals surface area contributed by atoms with Crippen molar-refractivity contribution in [1.82, 2.24) is 0 Å². The summed E-state index contributed by atoms with van der Waals surface area (Å²) in [6.07, 6.45) is -0.0645. The predicted octanol–water partition coefficient (Wildman–Crippen LogP) is 4.01. The minimum Gasteiger partial charge on any atom is -0.481 e. The van der Waals surface area contributed by atoms with Crippen LogP contribution in [0.1, 0.15) is 70.6 Å². The van der Waals surface area contributed by atoms with Crippen molar-refractivity contribution >= 4 is 12.4 Å². The van der Waals surface area contributed by atoms with E-state index in [1.807, 2.05) is 12.1 Å². The van der Waals surface area contributed by atoms with E-state index in [1.54, 1.807) is 0 Å². The number of rotatable bonds is 6. The number of carbonyl (C=O) groups excluding carboxylic acids is 1. The summed E-state index contributed by atoms with van der Waals surface area (Å²) < 4.78 is 4.86. The van der Waals surface area contributed by atoms with Crippen LogP contribution in [-0.2, 0) is 25.2 Å². The van der Waals surface area contributed by atoms with E-state index in [-0.39, 0.29) is 29.8 Å². The summed E-state index contributed by atoms with van der Waals surface area (Å²) in [7, 11) is 0. The van der Waals surface area contributed by atoms with E-state index in [0.29, 0.717) is 6.47 Å². The fourth-order valence-electron chi connectivity index (χ4n) is 2.39. The molecule has 0 aliphatic heterocycles. The zero-order chi connectivity index (χ0) is 17.8. The molecule has 4 heteroatoms. The first-order valence-corrected chi connectivity index (χ1v) is 7.88. The molecule has 0 amide bonds. The van der Waals surface area contributed by atoms with Crippen molar-refractivity contribution in [2.24, 2.45) is 0 Å². The predicted molar refractivity (Wildman–Crippen MR) is 90.9 cm³/mol. The molecule has 0 aliphatic rings. The Morgan fingerprint density at radius 3 is 1.91 bits per heavy atom. The van der Waals surface area contributed by atoms with Gasteiger partial charge in [0.2, 0.25) is 0 Å². The van der Waals surface area contributed by atoms with Crippen molar-refractivity contribution in [2.45, 2.75) is 64.7 Å². The maximum atomic E-state index is 11.2. The Morgan fingerprint density at radius 1 is 1.09 bits per heavy atom. The molecule has 0 bridgehead atoms. The van der Waals surface area contributed by atoms with Crippen LogP contribution in [0.15, 0.2) is 18.2 Å². The zero-order valence-corrected chi connectivity index (χ0v) is 15.0. The second-order valence-corrected chi connectivity index (χ2v) is 8.07. The van der Waals surface area contributed by atoms with Crippen LogP contribution in [0, 0.1) is 0 Å². The Morgan fingerprint density at radius 2 is 1.57 bits per heavy atom. The standard InChI is InChI=1S/C19H28O4/c1-18(2,3)15-7-13(8-16(10-15)19(4,5)6)14(9-17(21)22)11-23-12-20/h7-8,10,12,14H,9,11H2,1-6H3,(H,21,22). The third-order valence-corrected chi connectivity index (χ3v) is 3.95. The Labute approximate surface area is 138 Å². The molecule has 0 saturated heterocycles. The second kappa shape index (κ2) is 7.16. The highest BCUT2D eigenvalue weighted by molar-refractivity contribution is 5.68. The molecule has 0 aliphatic carbocycles. The van der Waals surface area contributed by atoms with Gasteiger partial charge in [0.25, 0.3) is 6.47 Å². The van der Waals surface area contributed by atoms with E-state index in [0.717, 1.165) is 16.7 Å². The van der Waals surface area contributed by atoms with E-state index in [4.69, 9.17) is 9.84 Å². The van der Waals surface area contributed by atoms with Crippen molar-refractivity contribution in [1.29, 1.82) is 0 Å². The van der Waals surface area contributed by atoms with Crippen molar-refractivity contribution in [3.8, 4) is 0 Å². The summed E-state index contributed by atoms with van der Waals surface area (Å²) in [5.41, 5.74) is 3.12. The zero-order valence-electron chi connectivity index (χ0n) is 15.0. The molecule has 23 heavy (non-hydrogen) atoms. The first-order valence-electron chi connectivity index (χ1n) is 7.88. The van der Waals surface area contributed by atoms with Gasteiger partial charge in [-0.25, -0.2) is 0 Å². The monoisotopic (exact) mass is 320 g/mol. The van der Waals surface area contributed by atoms with Gasteiger partial charge in [-0.3, -0.25) is 9.59 Å². The van der Waals surface area contributed by atoms with Crippen LogP contribution >= 0.6 is 0 Å². The first kappa shape index (κ1) is 19.2. The molecule has 1 N–H and O–H groups in total. The second-order valence-electron chi connectivity index (χ2n) is 8.07. The molecule has 0 saturated carbocycles. The number of ether oxygens (including phenoxy) is 1. The molecule has 1 aromatic carbocycles. The Bertz CT molecular complexity index is 529. The quantitative estimate of drug-likeness (QED) is 0.804. The van der Waals surface area contributed by atoms with E-state index in [9.17, 15) is 9.59 Å². The molecule has 1 atom stereocenters. The molecule has 1 aromatic rings. The van der Waals surface area contributed by atoms with Crippen molar-refractivity contribution < 1.29 is 19.4 Å². The Kier molecular flexibility index (Phi) is 5.98. The van der Waals surface area contributed by atoms with E-state index in [1.165, 1.54) is 0 Å². The van der Waals surface area contributed by atoms with E-state index in [2.05, 4.69) is 47.6 Å². The molecule has 0 aromatic heterocycles. The minimum absolute atomic E-state index is 0.0463. The van der Waals surface area contributed by atoms with Gasteiger partial charge < -0.3 is 9.84 Å². The average Bonchev–Trinajstić information content (AvgIpc) is 2.40. The molecular weight excluding hydrogens is 292 g/mol. The fourth-order valence-corrected chi connectivity index (χ4v) is 2.39. The maximum Gasteiger partial charge on any atom is 0.304 e. The highest BCUT2D eigenvalue weighted by atomic mass is 16.5. The largest absolute Gasteiger partial charge is 0.481 e. The van der Waals surface area contributed by atoms with Gasteiger partial charge in [0.15, 0.2) is 0 Å². The molecule has 1 rings (SSSR count). The summed E-state index contributed by atoms with van der Waals surface area (Å²) in [6, 6.07) is 6.26. The summed E-state index contributed by atoms with van der Waals surface area (Å²) in [4.78, 5) is 21.7. The molecule has 0 fully saturated rings. The topological polar surface area (TPSA) is 63.6 Å². The number of benzene rings is 1. The van der Waals surface area contributed by atoms with Gasteiger partial charge in [-0.1, -0.05) is 59.7 Å². The molecule has 0 spiro atoms. The SMILES string of the molecule is CC(C)(C)c1cc(C(COC=O)CC(=O)O)cc(C(C)(C)C)c1. The van der Waals surface area contributed by atoms with Gasteiger partial charge >= 0.3 is 5.97 Å². The lowest BCUT2D eigenvalue weighted by Crippen LogP contribution is -2.19. The Balaban J connectivity index is 3.40. The van der Waals surface area contributed by atoms with Crippen LogP contribution in [0.3, 0.4) is 0 Å². The third-order valence-electron chi connectivity index (χ3n) is 3.95. The van der Waals surface area contributed by atoms with Crippen LogP contribution in [0.5, 0.6) is 0 Å². The number of hydrogen-bond acceptors (Lipinski definition) is 3. The molecule has 0 heterocycles. The van der Waals surface area contributed by atoms with Crippen LogP contribution < -0.4 is 0 Å². The van der Waals surface area contributed by atoms with E-state index < -0.39 is 5.97 Å². The summed E-state index contributed by atoms with van der Waals surface area (Å²) >= 11 is 0. The third kappa shape index (κ3) is 5.70. The van der Waals surface area contributed by atoms with Gasteiger partial charge in [-0.05, 0) is 27.5 Å². The first-order chi connectivity index (χ1) is 10.4. The van der Waals surface area contributed by atoms with Crippen LogP contribution in [0.4, 0.5) is 0 Å². The maximum absolute atomic E-state index is 11.2. The molecule has 1 unspecified atom stereocenters. The highest BCUT2D eigenvalue weighted by Gasteiger charge is 2.24. The lowest BCUT2D eigenvalue weighted by atomic mass is 9.78. The number of carbonyl (C=O) groups is 2. The normalized spacial score (nSPS) is 13.5. The highest BCUT2D eigenvalue weighted by Crippen LogP contribution is 2.33. The van der Waals surface area contributed by atoms with Crippen molar-refractivity contribution in [2.75, 3.05) is 6.61 Å². The van der Waals surface area contributed by atoms with Gasteiger partial charge in [0, 0.05) is 5.92 Å². The molecule has 4 nitrogen and oxygen atoms in total. The number of aliphatic carboxylic acids is 1. The van der Waals surface area contributed by atoms with Crippen molar-refractivity contribution in [3.63, 3.8) is 0 Å². The smallest absolute Gasteiger partial charge is 0.304 e. The Hall–Kier alpha value is -1.84. The minimum atomic E-state index is -0.900. The van der Waals surface area contributed by atoms with Crippen LogP contribution in [-0.4, -0.2) is 24.2 Å². The van der Waals surface area contributed by atoms with E-state index >= 15 is 0 Å². The summed E-state index contributed by atoms with van der Waals surface area (Å²) in [6.45, 7) is 13.2. The lowest BCUT2D eigenvalue weighted by molar-refractivity contribution is -0.139. The van der Waals surface area contributed by atoms with Crippen molar-refractivity contribution in [3.05, 3.63) is 34.9 Å². The number of carboxylic acids is 1. The molecular formula is C19H28O4. The number of hydrogen-bond donors (Lipinski definition) is 1. The lowest BCUT2D eigenvalue weighted by Gasteiger charge is -2.28.